The molecular formula is C14H21NO2. The lowest BCUT2D eigenvalue weighted by molar-refractivity contribution is 0.179. The number of methoxy groups -OCH3 is 1. The van der Waals surface area contributed by atoms with Gasteiger partial charge in [-0.25, -0.2) is 4.79 Å². The predicted molar refractivity (Wildman–Crippen MR) is 72.5 cm³/mol. The number of carbonyl (C=O) groups excluding carboxylic acids is 1. The molecule has 0 aliphatic rings. The zero-order valence-electron chi connectivity index (χ0n) is 11.1. The molecule has 17 heavy (non-hydrogen) atoms. The van der Waals surface area contributed by atoms with E-state index in [1.54, 1.807) is 11.0 Å². The van der Waals surface area contributed by atoms with E-state index in [0.29, 0.717) is 6.54 Å². The van der Waals surface area contributed by atoms with E-state index in [1.165, 1.54) is 7.11 Å². The van der Waals surface area contributed by atoms with Gasteiger partial charge >= 0.3 is 6.09 Å². The highest BCUT2D eigenvalue weighted by atomic mass is 16.5. The first kappa shape index (κ1) is 15.2. The molecule has 1 aromatic carbocycles. The van der Waals surface area contributed by atoms with Gasteiger partial charge in [0.15, 0.2) is 0 Å². The van der Waals surface area contributed by atoms with Crippen LogP contribution in [-0.4, -0.2) is 19.7 Å². The predicted octanol–water partition coefficient (Wildman–Crippen LogP) is 3.78. The van der Waals surface area contributed by atoms with Crippen molar-refractivity contribution in [3.8, 4) is 0 Å². The number of nitrogens with zero attached hydrogens (tertiary/aromatic N) is 1. The maximum Gasteiger partial charge on any atom is 0.414 e. The highest BCUT2D eigenvalue weighted by molar-refractivity contribution is 5.88. The van der Waals surface area contributed by atoms with Crippen LogP contribution in [0.3, 0.4) is 0 Å². The number of hydrogen-bond acceptors (Lipinski definition) is 2. The average Bonchev–Trinajstić information content (AvgIpc) is 2.38. The van der Waals surface area contributed by atoms with Crippen molar-refractivity contribution in [1.82, 2.24) is 0 Å². The minimum absolute atomic E-state index is 0.371. The molecule has 0 saturated heterocycles. The Morgan fingerprint density at radius 2 is 2.00 bits per heavy atom. The summed E-state index contributed by atoms with van der Waals surface area (Å²) in [6, 6.07) is 7.66. The van der Waals surface area contributed by atoms with Crippen LogP contribution in [0.4, 0.5) is 10.5 Å². The lowest BCUT2D eigenvalue weighted by Gasteiger charge is -2.21. The number of hydrogen-bond donors (Lipinski definition) is 0. The van der Waals surface area contributed by atoms with Gasteiger partial charge in [0.2, 0.25) is 0 Å². The SMILES string of the molecule is C=CCN(C(=O)OC)c1ccccc1C.CC. The smallest absolute Gasteiger partial charge is 0.414 e. The quantitative estimate of drug-likeness (QED) is 0.746. The second kappa shape index (κ2) is 8.39. The Balaban J connectivity index is 0.00000121. The van der Waals surface area contributed by atoms with Gasteiger partial charge in [-0.05, 0) is 18.6 Å². The van der Waals surface area contributed by atoms with Crippen LogP contribution in [0.25, 0.3) is 0 Å². The van der Waals surface area contributed by atoms with Crippen LogP contribution >= 0.6 is 0 Å². The van der Waals surface area contributed by atoms with Gasteiger partial charge in [0.1, 0.15) is 0 Å². The highest BCUT2D eigenvalue weighted by Crippen LogP contribution is 2.19. The Morgan fingerprint density at radius 3 is 2.47 bits per heavy atom. The van der Waals surface area contributed by atoms with Gasteiger partial charge in [0, 0.05) is 6.54 Å². The third-order valence-electron chi connectivity index (χ3n) is 2.11. The molecule has 0 N–H and O–H groups in total. The standard InChI is InChI=1S/C12H15NO2.C2H6/c1-4-9-13(12(14)15-3)11-8-6-5-7-10(11)2;1-2/h4-8H,1,9H2,2-3H3;1-2H3. The zero-order valence-corrected chi connectivity index (χ0v) is 11.1. The van der Waals surface area contributed by atoms with Gasteiger partial charge in [-0.3, -0.25) is 4.90 Å². The highest BCUT2D eigenvalue weighted by Gasteiger charge is 2.15. The van der Waals surface area contributed by atoms with Gasteiger partial charge < -0.3 is 4.74 Å². The molecule has 0 atom stereocenters. The van der Waals surface area contributed by atoms with E-state index in [1.807, 2.05) is 45.0 Å². The molecule has 0 fully saturated rings. The summed E-state index contributed by atoms with van der Waals surface area (Å²) in [6.45, 7) is 10.0. The molecule has 3 heteroatoms. The molecule has 1 amide bonds. The van der Waals surface area contributed by atoms with E-state index in [4.69, 9.17) is 4.74 Å². The van der Waals surface area contributed by atoms with Crippen molar-refractivity contribution in [2.45, 2.75) is 20.8 Å². The summed E-state index contributed by atoms with van der Waals surface area (Å²) in [6.07, 6.45) is 1.30. The molecule has 0 aromatic heterocycles. The normalized spacial score (nSPS) is 8.71. The minimum Gasteiger partial charge on any atom is -0.452 e. The van der Waals surface area contributed by atoms with Crippen LogP contribution in [0.1, 0.15) is 19.4 Å². The fourth-order valence-corrected chi connectivity index (χ4v) is 1.38. The molecule has 0 unspecified atom stereocenters. The number of para-hydroxylation sites is 1. The number of benzene rings is 1. The summed E-state index contributed by atoms with van der Waals surface area (Å²) in [4.78, 5) is 13.1. The second-order valence-electron chi connectivity index (χ2n) is 3.16. The van der Waals surface area contributed by atoms with Gasteiger partial charge in [-0.15, -0.1) is 6.58 Å². The summed E-state index contributed by atoms with van der Waals surface area (Å²) < 4.78 is 4.71. The van der Waals surface area contributed by atoms with Crippen molar-refractivity contribution >= 4 is 11.8 Å². The molecular weight excluding hydrogens is 214 g/mol. The molecule has 0 bridgehead atoms. The van der Waals surface area contributed by atoms with Crippen LogP contribution in [0.5, 0.6) is 0 Å². The summed E-state index contributed by atoms with van der Waals surface area (Å²) in [5.74, 6) is 0. The van der Waals surface area contributed by atoms with E-state index in [2.05, 4.69) is 6.58 Å². The maximum atomic E-state index is 11.5. The van der Waals surface area contributed by atoms with Crippen molar-refractivity contribution in [1.29, 1.82) is 0 Å². The fourth-order valence-electron chi connectivity index (χ4n) is 1.38. The minimum atomic E-state index is -0.371. The summed E-state index contributed by atoms with van der Waals surface area (Å²) >= 11 is 0. The Hall–Kier alpha value is -1.77. The molecule has 1 rings (SSSR count). The van der Waals surface area contributed by atoms with Gasteiger partial charge in [-0.1, -0.05) is 38.1 Å². The van der Waals surface area contributed by atoms with Crippen molar-refractivity contribution in [3.63, 3.8) is 0 Å². The van der Waals surface area contributed by atoms with Crippen molar-refractivity contribution < 1.29 is 9.53 Å². The Kier molecular flexibility index (Phi) is 7.52. The second-order valence-corrected chi connectivity index (χ2v) is 3.16. The molecule has 0 heterocycles. The molecule has 1 aromatic rings. The molecule has 3 nitrogen and oxygen atoms in total. The number of carbonyl (C=O) groups is 1. The van der Waals surface area contributed by atoms with E-state index in [9.17, 15) is 4.79 Å². The summed E-state index contributed by atoms with van der Waals surface area (Å²) in [7, 11) is 1.37. The van der Waals surface area contributed by atoms with E-state index >= 15 is 0 Å². The summed E-state index contributed by atoms with van der Waals surface area (Å²) in [5, 5.41) is 0. The number of ether oxygens (including phenoxy) is 1. The van der Waals surface area contributed by atoms with Crippen molar-refractivity contribution in [2.75, 3.05) is 18.6 Å². The molecule has 0 saturated carbocycles. The van der Waals surface area contributed by atoms with Crippen LogP contribution in [0.15, 0.2) is 36.9 Å². The van der Waals surface area contributed by atoms with E-state index in [-0.39, 0.29) is 6.09 Å². The topological polar surface area (TPSA) is 29.5 Å². The van der Waals surface area contributed by atoms with E-state index < -0.39 is 0 Å². The number of anilines is 1. The number of amides is 1. The first-order chi connectivity index (χ1) is 8.20. The van der Waals surface area contributed by atoms with Gasteiger partial charge in [0.05, 0.1) is 12.8 Å². The Bertz CT molecular complexity index is 361. The number of aryl methyl sites for hydroxylation is 1. The first-order valence-electron chi connectivity index (χ1n) is 5.72. The summed E-state index contributed by atoms with van der Waals surface area (Å²) in [5.41, 5.74) is 1.88. The van der Waals surface area contributed by atoms with Crippen LogP contribution in [0, 0.1) is 6.92 Å². The maximum absolute atomic E-state index is 11.5. The number of rotatable bonds is 3. The molecule has 0 aliphatic carbocycles. The van der Waals surface area contributed by atoms with Crippen LogP contribution < -0.4 is 4.90 Å². The molecule has 0 radical (unpaired) electrons. The fraction of sp³-hybridized carbons (Fsp3) is 0.357. The van der Waals surface area contributed by atoms with Crippen molar-refractivity contribution in [2.24, 2.45) is 0 Å². The van der Waals surface area contributed by atoms with Crippen LogP contribution in [0.2, 0.25) is 0 Å². The lowest BCUT2D eigenvalue weighted by Crippen LogP contribution is -2.31. The van der Waals surface area contributed by atoms with E-state index in [0.717, 1.165) is 11.3 Å². The van der Waals surface area contributed by atoms with Gasteiger partial charge in [0.25, 0.3) is 0 Å². The average molecular weight is 235 g/mol. The molecule has 0 aliphatic heterocycles. The zero-order chi connectivity index (χ0) is 13.3. The van der Waals surface area contributed by atoms with Gasteiger partial charge in [-0.2, -0.15) is 0 Å². The third kappa shape index (κ3) is 4.31. The van der Waals surface area contributed by atoms with Crippen LogP contribution in [-0.2, 0) is 4.74 Å². The Morgan fingerprint density at radius 1 is 1.41 bits per heavy atom. The Labute approximate surface area is 104 Å². The van der Waals surface area contributed by atoms with Crippen molar-refractivity contribution in [3.05, 3.63) is 42.5 Å². The monoisotopic (exact) mass is 235 g/mol. The largest absolute Gasteiger partial charge is 0.452 e. The first-order valence-corrected chi connectivity index (χ1v) is 5.72. The lowest BCUT2D eigenvalue weighted by atomic mass is 10.2. The third-order valence-corrected chi connectivity index (χ3v) is 2.11. The molecule has 0 spiro atoms. The molecule has 94 valence electrons.